The number of hydrogen-bond acceptors (Lipinski definition) is 4. The van der Waals surface area contributed by atoms with E-state index in [9.17, 15) is 14.7 Å². The molecule has 6 heteroatoms. The lowest BCUT2D eigenvalue weighted by atomic mass is 10.0. The summed E-state index contributed by atoms with van der Waals surface area (Å²) in [5, 5.41) is 12.1. The average Bonchev–Trinajstić information content (AvgIpc) is 2.88. The number of rotatable bonds is 5. The maximum absolute atomic E-state index is 11.2. The summed E-state index contributed by atoms with van der Waals surface area (Å²) in [6, 6.07) is 0.140. The third-order valence-electron chi connectivity index (χ3n) is 4.41. The first-order valence-electron chi connectivity index (χ1n) is 7.53. The Bertz CT molecular complexity index is 354. The molecule has 1 atom stereocenters. The number of carbonyl (C=O) groups is 2. The zero-order valence-corrected chi connectivity index (χ0v) is 12.2. The molecular weight excluding hydrogens is 258 g/mol. The second-order valence-corrected chi connectivity index (χ2v) is 5.79. The van der Waals surface area contributed by atoms with Crippen LogP contribution in [0.2, 0.25) is 0 Å². The Morgan fingerprint density at radius 2 is 1.90 bits per heavy atom. The third-order valence-corrected chi connectivity index (χ3v) is 4.41. The number of carboxylic acid groups (broad SMARTS) is 1. The van der Waals surface area contributed by atoms with Gasteiger partial charge in [-0.15, -0.1) is 0 Å². The lowest BCUT2D eigenvalue weighted by molar-refractivity contribution is -0.143. The van der Waals surface area contributed by atoms with Gasteiger partial charge in [-0.3, -0.25) is 14.5 Å². The minimum atomic E-state index is -0.671. The maximum Gasteiger partial charge on any atom is 0.320 e. The molecule has 1 unspecified atom stereocenters. The monoisotopic (exact) mass is 283 g/mol. The van der Waals surface area contributed by atoms with Crippen molar-refractivity contribution in [2.75, 3.05) is 32.7 Å². The van der Waals surface area contributed by atoms with E-state index in [-0.39, 0.29) is 11.9 Å². The lowest BCUT2D eigenvalue weighted by Crippen LogP contribution is -2.49. The van der Waals surface area contributed by atoms with Gasteiger partial charge in [0.05, 0.1) is 0 Å². The largest absolute Gasteiger partial charge is 0.480 e. The van der Waals surface area contributed by atoms with Crippen molar-refractivity contribution >= 4 is 11.9 Å². The van der Waals surface area contributed by atoms with E-state index in [1.807, 2.05) is 0 Å². The smallest absolute Gasteiger partial charge is 0.320 e. The fraction of sp³-hybridized carbons (Fsp3) is 0.857. The number of amides is 1. The molecule has 0 aromatic carbocycles. The second kappa shape index (κ2) is 7.04. The van der Waals surface area contributed by atoms with Crippen LogP contribution in [0.5, 0.6) is 0 Å². The zero-order valence-electron chi connectivity index (χ0n) is 12.2. The number of carboxylic acids is 1. The van der Waals surface area contributed by atoms with E-state index in [2.05, 4.69) is 15.1 Å². The van der Waals surface area contributed by atoms with Crippen LogP contribution in [0, 0.1) is 0 Å². The molecule has 0 saturated carbocycles. The van der Waals surface area contributed by atoms with Crippen LogP contribution in [0.4, 0.5) is 0 Å². The molecule has 2 N–H and O–H groups in total. The van der Waals surface area contributed by atoms with Crippen molar-refractivity contribution in [1.82, 2.24) is 15.1 Å². The van der Waals surface area contributed by atoms with Gasteiger partial charge in [-0.2, -0.15) is 0 Å². The molecule has 20 heavy (non-hydrogen) atoms. The molecule has 6 nitrogen and oxygen atoms in total. The summed E-state index contributed by atoms with van der Waals surface area (Å²) in [4.78, 5) is 26.6. The molecule has 0 spiro atoms. The molecule has 2 aliphatic rings. The van der Waals surface area contributed by atoms with Crippen molar-refractivity contribution in [3.63, 3.8) is 0 Å². The normalized spacial score (nSPS) is 25.8. The van der Waals surface area contributed by atoms with Crippen LogP contribution in [0.3, 0.4) is 0 Å². The third kappa shape index (κ3) is 3.93. The number of aliphatic carboxylic acids is 1. The van der Waals surface area contributed by atoms with Gasteiger partial charge in [-0.1, -0.05) is 0 Å². The highest BCUT2D eigenvalue weighted by molar-refractivity contribution is 5.74. The molecule has 0 aromatic rings. The van der Waals surface area contributed by atoms with Gasteiger partial charge in [0.2, 0.25) is 5.91 Å². The number of likely N-dealkylation sites (tertiary alicyclic amines) is 2. The predicted molar refractivity (Wildman–Crippen MR) is 75.5 cm³/mol. The van der Waals surface area contributed by atoms with Gasteiger partial charge in [0.15, 0.2) is 0 Å². The highest BCUT2D eigenvalue weighted by Crippen LogP contribution is 2.25. The summed E-state index contributed by atoms with van der Waals surface area (Å²) in [7, 11) is 0. The molecule has 114 valence electrons. The summed E-state index contributed by atoms with van der Waals surface area (Å²) < 4.78 is 0. The molecule has 2 heterocycles. The van der Waals surface area contributed by atoms with Crippen LogP contribution in [-0.4, -0.2) is 71.6 Å². The maximum atomic E-state index is 11.2. The first kappa shape index (κ1) is 15.3. The van der Waals surface area contributed by atoms with Crippen molar-refractivity contribution in [3.8, 4) is 0 Å². The molecule has 2 saturated heterocycles. The van der Waals surface area contributed by atoms with Crippen LogP contribution < -0.4 is 5.32 Å². The first-order valence-corrected chi connectivity index (χ1v) is 7.53. The Hall–Kier alpha value is -1.14. The Labute approximate surface area is 120 Å². The number of piperidine rings is 1. The highest BCUT2D eigenvalue weighted by atomic mass is 16.4. The van der Waals surface area contributed by atoms with Gasteiger partial charge in [0, 0.05) is 26.1 Å². The standard InChI is InChI=1S/C14H25N3O3/c1-11(18)15-6-10-16-8-4-12(5-9-16)17-7-2-3-13(17)14(19)20/h12-13H,2-10H2,1H3,(H,15,18)(H,19,20). The molecule has 2 aliphatic heterocycles. The molecule has 2 rings (SSSR count). The minimum Gasteiger partial charge on any atom is -0.480 e. The van der Waals surface area contributed by atoms with E-state index in [1.165, 1.54) is 6.92 Å². The van der Waals surface area contributed by atoms with Crippen LogP contribution >= 0.6 is 0 Å². The summed E-state index contributed by atoms with van der Waals surface area (Å²) in [6.07, 6.45) is 3.85. The van der Waals surface area contributed by atoms with Gasteiger partial charge in [-0.05, 0) is 45.3 Å². The second-order valence-electron chi connectivity index (χ2n) is 5.79. The van der Waals surface area contributed by atoms with E-state index < -0.39 is 5.97 Å². The van der Waals surface area contributed by atoms with Gasteiger partial charge in [-0.25, -0.2) is 0 Å². The fourth-order valence-corrected chi connectivity index (χ4v) is 3.36. The van der Waals surface area contributed by atoms with Crippen molar-refractivity contribution in [2.45, 2.75) is 44.7 Å². The summed E-state index contributed by atoms with van der Waals surface area (Å²) in [5.41, 5.74) is 0. The number of carbonyl (C=O) groups excluding carboxylic acids is 1. The molecule has 0 radical (unpaired) electrons. The number of hydrogen-bond donors (Lipinski definition) is 2. The van der Waals surface area contributed by atoms with Crippen LogP contribution in [-0.2, 0) is 9.59 Å². The predicted octanol–water partition coefficient (Wildman–Crippen LogP) is 0.136. The van der Waals surface area contributed by atoms with Crippen LogP contribution in [0.15, 0.2) is 0 Å². The Morgan fingerprint density at radius 1 is 1.20 bits per heavy atom. The minimum absolute atomic E-state index is 0.0150. The van der Waals surface area contributed by atoms with Crippen molar-refractivity contribution < 1.29 is 14.7 Å². The Balaban J connectivity index is 1.73. The van der Waals surface area contributed by atoms with Gasteiger partial charge in [0.1, 0.15) is 6.04 Å². The Morgan fingerprint density at radius 3 is 2.50 bits per heavy atom. The first-order chi connectivity index (χ1) is 9.58. The van der Waals surface area contributed by atoms with Gasteiger partial charge in [0.25, 0.3) is 0 Å². The van der Waals surface area contributed by atoms with Crippen molar-refractivity contribution in [2.24, 2.45) is 0 Å². The number of nitrogens with zero attached hydrogens (tertiary/aromatic N) is 2. The summed E-state index contributed by atoms with van der Waals surface area (Å²) in [6.45, 7) is 6.02. The van der Waals surface area contributed by atoms with E-state index in [4.69, 9.17) is 0 Å². The quantitative estimate of drug-likeness (QED) is 0.750. The van der Waals surface area contributed by atoms with Gasteiger partial charge >= 0.3 is 5.97 Å². The Kier molecular flexibility index (Phi) is 5.37. The zero-order chi connectivity index (χ0) is 14.5. The van der Waals surface area contributed by atoms with E-state index in [0.29, 0.717) is 12.6 Å². The summed E-state index contributed by atoms with van der Waals surface area (Å²) >= 11 is 0. The van der Waals surface area contributed by atoms with Crippen LogP contribution in [0.25, 0.3) is 0 Å². The van der Waals surface area contributed by atoms with Crippen LogP contribution in [0.1, 0.15) is 32.6 Å². The summed E-state index contributed by atoms with van der Waals surface area (Å²) in [5.74, 6) is -0.656. The molecule has 2 fully saturated rings. The van der Waals surface area contributed by atoms with E-state index in [1.54, 1.807) is 0 Å². The molecule has 0 aromatic heterocycles. The topological polar surface area (TPSA) is 72.9 Å². The van der Waals surface area contributed by atoms with E-state index in [0.717, 1.165) is 51.9 Å². The SMILES string of the molecule is CC(=O)NCCN1CCC(N2CCCC2C(=O)O)CC1. The van der Waals surface area contributed by atoms with E-state index >= 15 is 0 Å². The van der Waals surface area contributed by atoms with Crippen molar-refractivity contribution in [1.29, 1.82) is 0 Å². The molecule has 1 amide bonds. The van der Waals surface area contributed by atoms with Gasteiger partial charge < -0.3 is 15.3 Å². The molecule has 0 aliphatic carbocycles. The highest BCUT2D eigenvalue weighted by Gasteiger charge is 2.36. The molecular formula is C14H25N3O3. The lowest BCUT2D eigenvalue weighted by Gasteiger charge is -2.38. The fourth-order valence-electron chi connectivity index (χ4n) is 3.36. The number of nitrogens with one attached hydrogen (secondary N) is 1. The molecule has 0 bridgehead atoms. The average molecular weight is 283 g/mol. The van der Waals surface area contributed by atoms with Crippen molar-refractivity contribution in [3.05, 3.63) is 0 Å².